The normalized spacial score (nSPS) is 10.9. The van der Waals surface area contributed by atoms with E-state index in [1.54, 1.807) is 0 Å². The van der Waals surface area contributed by atoms with E-state index in [0.717, 1.165) is 13.6 Å². The maximum atomic E-state index is 11.3. The first-order valence-electron chi connectivity index (χ1n) is 3.66. The van der Waals surface area contributed by atoms with Gasteiger partial charge >= 0.3 is 0 Å². The highest BCUT2D eigenvalue weighted by molar-refractivity contribution is 9.11. The molecule has 0 saturated carbocycles. The van der Waals surface area contributed by atoms with Crippen LogP contribution in [0.4, 0.5) is 0 Å². The molecule has 0 fully saturated rings. The summed E-state index contributed by atoms with van der Waals surface area (Å²) in [4.78, 5) is 21.4. The average molecular weight is 277 g/mol. The number of fused-ring (bicyclic) bond motifs is 1. The summed E-state index contributed by atoms with van der Waals surface area (Å²) in [5.74, 6) is 0.0892. The highest BCUT2D eigenvalue weighted by Gasteiger charge is 2.13. The Morgan fingerprint density at radius 3 is 2.69 bits per heavy atom. The monoisotopic (exact) mass is 276 g/mol. The van der Waals surface area contributed by atoms with Gasteiger partial charge in [-0.1, -0.05) is 29.6 Å². The number of aromatic nitrogens is 2. The number of rotatable bonds is 2. The molecule has 0 aliphatic rings. The Bertz CT molecular complexity index is 430. The van der Waals surface area contributed by atoms with Gasteiger partial charge in [-0.25, -0.2) is 9.97 Å². The van der Waals surface area contributed by atoms with Gasteiger partial charge in [0.1, 0.15) is 0 Å². The fourth-order valence-electron chi connectivity index (χ4n) is 0.888. The molecule has 0 bridgehead atoms. The molecule has 2 rings (SSSR count). The van der Waals surface area contributed by atoms with Crippen LogP contribution < -0.4 is 0 Å². The number of thiazole rings is 2. The van der Waals surface area contributed by atoms with E-state index < -0.39 is 0 Å². The second-order valence-corrected chi connectivity index (χ2v) is 5.60. The van der Waals surface area contributed by atoms with Gasteiger partial charge in [0.25, 0.3) is 0 Å². The Hall–Kier alpha value is -0.330. The number of ketones is 1. The second kappa shape index (κ2) is 3.43. The van der Waals surface area contributed by atoms with Crippen molar-refractivity contribution in [1.29, 1.82) is 0 Å². The van der Waals surface area contributed by atoms with Gasteiger partial charge in [0.05, 0.1) is 0 Å². The Morgan fingerprint density at radius 1 is 1.38 bits per heavy atom. The molecule has 0 amide bonds. The summed E-state index contributed by atoms with van der Waals surface area (Å²) in [6.07, 6.45) is 0.502. The summed E-state index contributed by atoms with van der Waals surface area (Å²) in [6, 6.07) is 0. The van der Waals surface area contributed by atoms with E-state index in [-0.39, 0.29) is 5.78 Å². The van der Waals surface area contributed by atoms with E-state index in [0.29, 0.717) is 11.4 Å². The summed E-state index contributed by atoms with van der Waals surface area (Å²) in [6.45, 7) is 1.83. The Balaban J connectivity index is 2.51. The van der Waals surface area contributed by atoms with Crippen LogP contribution in [0.1, 0.15) is 23.1 Å². The van der Waals surface area contributed by atoms with Crippen molar-refractivity contribution in [2.45, 2.75) is 13.3 Å². The predicted molar refractivity (Wildman–Crippen MR) is 57.6 cm³/mol. The summed E-state index contributed by atoms with van der Waals surface area (Å²) in [7, 11) is 0. The first kappa shape index (κ1) is 9.23. The van der Waals surface area contributed by atoms with Crippen LogP contribution in [-0.4, -0.2) is 15.8 Å². The molecule has 2 aromatic heterocycles. The number of Topliss-reactive ketones (excluding diaryl/α,β-unsaturated/α-hetero) is 1. The molecular weight excluding hydrogens is 272 g/mol. The predicted octanol–water partition coefficient (Wildman–Crippen LogP) is 3.11. The van der Waals surface area contributed by atoms with Crippen LogP contribution in [0, 0.1) is 0 Å². The minimum absolute atomic E-state index is 0.0892. The van der Waals surface area contributed by atoms with Crippen molar-refractivity contribution in [1.82, 2.24) is 9.97 Å². The number of carbonyl (C=O) groups is 1. The Labute approximate surface area is 91.0 Å². The van der Waals surface area contributed by atoms with Crippen LogP contribution in [0.15, 0.2) is 3.92 Å². The second-order valence-electron chi connectivity index (χ2n) is 2.37. The van der Waals surface area contributed by atoms with Crippen LogP contribution in [-0.2, 0) is 0 Å². The molecule has 0 aromatic carbocycles. The van der Waals surface area contributed by atoms with Crippen molar-refractivity contribution in [2.24, 2.45) is 0 Å². The van der Waals surface area contributed by atoms with Crippen molar-refractivity contribution < 1.29 is 4.79 Å². The molecule has 0 N–H and O–H groups in total. The number of nitrogens with zero attached hydrogens (tertiary/aromatic N) is 2. The Morgan fingerprint density at radius 2 is 2.08 bits per heavy atom. The third kappa shape index (κ3) is 1.66. The molecule has 0 aliphatic carbocycles. The van der Waals surface area contributed by atoms with Gasteiger partial charge in [-0.3, -0.25) is 4.79 Å². The third-order valence-electron chi connectivity index (χ3n) is 1.51. The van der Waals surface area contributed by atoms with E-state index >= 15 is 0 Å². The van der Waals surface area contributed by atoms with Gasteiger partial charge in [0.2, 0.25) is 0 Å². The van der Waals surface area contributed by atoms with Gasteiger partial charge in [-0.15, -0.1) is 0 Å². The van der Waals surface area contributed by atoms with E-state index in [9.17, 15) is 4.79 Å². The number of carbonyl (C=O) groups excluding carboxylic acids is 1. The lowest BCUT2D eigenvalue weighted by molar-refractivity contribution is 0.0988. The fourth-order valence-corrected chi connectivity index (χ4v) is 3.42. The maximum Gasteiger partial charge on any atom is 0.191 e. The van der Waals surface area contributed by atoms with E-state index in [1.165, 1.54) is 22.7 Å². The van der Waals surface area contributed by atoms with E-state index in [2.05, 4.69) is 25.9 Å². The standard InChI is InChI=1S/C7H5BrN2OS2/c1-2-3(11)4-9-5-6(12-4)10-7(8)13-5/h2H2,1H3. The molecule has 0 radical (unpaired) electrons. The van der Waals surface area contributed by atoms with Gasteiger partial charge in [0, 0.05) is 6.42 Å². The molecule has 68 valence electrons. The molecule has 0 saturated heterocycles. The average Bonchev–Trinajstić information content (AvgIpc) is 2.59. The highest BCUT2D eigenvalue weighted by atomic mass is 79.9. The number of hydrogen-bond acceptors (Lipinski definition) is 5. The first-order valence-corrected chi connectivity index (χ1v) is 6.09. The van der Waals surface area contributed by atoms with Crippen molar-refractivity contribution in [3.8, 4) is 0 Å². The van der Waals surface area contributed by atoms with Gasteiger partial charge in [-0.2, -0.15) is 0 Å². The van der Waals surface area contributed by atoms with Crippen LogP contribution in [0.5, 0.6) is 0 Å². The smallest absolute Gasteiger partial charge is 0.191 e. The van der Waals surface area contributed by atoms with Gasteiger partial charge in [0.15, 0.2) is 24.4 Å². The number of hydrogen-bond donors (Lipinski definition) is 0. The topological polar surface area (TPSA) is 42.9 Å². The summed E-state index contributed by atoms with van der Waals surface area (Å²) in [5.41, 5.74) is 0. The fraction of sp³-hybridized carbons (Fsp3) is 0.286. The molecule has 0 aliphatic heterocycles. The molecule has 2 heterocycles. The van der Waals surface area contributed by atoms with Crippen LogP contribution >= 0.6 is 38.6 Å². The van der Waals surface area contributed by atoms with Crippen molar-refractivity contribution in [3.63, 3.8) is 0 Å². The quantitative estimate of drug-likeness (QED) is 0.792. The summed E-state index contributed by atoms with van der Waals surface area (Å²) >= 11 is 6.08. The summed E-state index contributed by atoms with van der Waals surface area (Å²) in [5, 5.41) is 0.573. The van der Waals surface area contributed by atoms with Gasteiger partial charge < -0.3 is 0 Å². The van der Waals surface area contributed by atoms with E-state index in [4.69, 9.17) is 0 Å². The minimum atomic E-state index is 0.0892. The zero-order valence-corrected chi connectivity index (χ0v) is 9.92. The maximum absolute atomic E-state index is 11.3. The van der Waals surface area contributed by atoms with Crippen LogP contribution in [0.25, 0.3) is 9.66 Å². The number of halogens is 1. The van der Waals surface area contributed by atoms with Crippen molar-refractivity contribution in [3.05, 3.63) is 8.92 Å². The van der Waals surface area contributed by atoms with Crippen molar-refractivity contribution >= 4 is 54.0 Å². The molecule has 0 unspecified atom stereocenters. The molecule has 0 atom stereocenters. The van der Waals surface area contributed by atoms with Gasteiger partial charge in [-0.05, 0) is 15.9 Å². The van der Waals surface area contributed by atoms with Crippen LogP contribution in [0.2, 0.25) is 0 Å². The lowest BCUT2D eigenvalue weighted by atomic mass is 10.3. The van der Waals surface area contributed by atoms with E-state index in [1.807, 2.05) is 6.92 Å². The largest absolute Gasteiger partial charge is 0.292 e. The van der Waals surface area contributed by atoms with Crippen molar-refractivity contribution in [2.75, 3.05) is 0 Å². The molecule has 13 heavy (non-hydrogen) atoms. The lowest BCUT2D eigenvalue weighted by Crippen LogP contribution is -1.93. The minimum Gasteiger partial charge on any atom is -0.292 e. The van der Waals surface area contributed by atoms with Crippen LogP contribution in [0.3, 0.4) is 0 Å². The zero-order chi connectivity index (χ0) is 9.42. The lowest BCUT2D eigenvalue weighted by Gasteiger charge is -1.85. The molecule has 3 nitrogen and oxygen atoms in total. The SMILES string of the molecule is CCC(=O)c1nc2sc(Br)nc2s1. The molecule has 0 spiro atoms. The molecule has 6 heteroatoms. The zero-order valence-electron chi connectivity index (χ0n) is 6.70. The molecule has 2 aromatic rings. The summed E-state index contributed by atoms with van der Waals surface area (Å²) < 4.78 is 0.816. The third-order valence-corrected chi connectivity index (χ3v) is 4.03. The first-order chi connectivity index (χ1) is 6.20. The highest BCUT2D eigenvalue weighted by Crippen LogP contribution is 2.30. The molecular formula is C7H5BrN2OS2. The Kier molecular flexibility index (Phi) is 2.44.